The lowest BCUT2D eigenvalue weighted by Crippen LogP contribution is -2.40. The first-order valence-corrected chi connectivity index (χ1v) is 8.15. The van der Waals surface area contributed by atoms with E-state index in [1.54, 1.807) is 7.11 Å². The van der Waals surface area contributed by atoms with Gasteiger partial charge in [0, 0.05) is 35.0 Å². The Kier molecular flexibility index (Phi) is 7.32. The highest BCUT2D eigenvalue weighted by molar-refractivity contribution is 7.85. The second kappa shape index (κ2) is 8.22. The van der Waals surface area contributed by atoms with E-state index in [9.17, 15) is 4.21 Å². The van der Waals surface area contributed by atoms with Crippen molar-refractivity contribution >= 4 is 10.8 Å². The van der Waals surface area contributed by atoms with Gasteiger partial charge in [-0.05, 0) is 25.3 Å². The van der Waals surface area contributed by atoms with Crippen molar-refractivity contribution in [3.63, 3.8) is 0 Å². The van der Waals surface area contributed by atoms with Crippen LogP contribution in [-0.4, -0.2) is 41.5 Å². The molecule has 0 aromatic carbocycles. The number of likely N-dealkylation sites (N-methyl/N-ethyl adjacent to an activating group) is 1. The second-order valence-electron chi connectivity index (χ2n) is 5.15. The number of rotatable bonds is 7. The van der Waals surface area contributed by atoms with Crippen LogP contribution in [0.3, 0.4) is 0 Å². The first-order valence-electron chi connectivity index (χ1n) is 6.76. The van der Waals surface area contributed by atoms with E-state index in [0.29, 0.717) is 11.9 Å². The summed E-state index contributed by atoms with van der Waals surface area (Å²) < 4.78 is 17.5. The van der Waals surface area contributed by atoms with E-state index in [2.05, 4.69) is 19.2 Å². The van der Waals surface area contributed by atoms with Gasteiger partial charge in [-0.2, -0.15) is 0 Å². The second-order valence-corrected chi connectivity index (χ2v) is 6.91. The smallest absolute Gasteiger partial charge is 0.0624 e. The molecule has 0 saturated heterocycles. The molecule has 1 fully saturated rings. The van der Waals surface area contributed by atoms with Crippen LogP contribution in [0.15, 0.2) is 0 Å². The van der Waals surface area contributed by atoms with Crippen molar-refractivity contribution in [1.82, 2.24) is 5.32 Å². The van der Waals surface area contributed by atoms with Crippen molar-refractivity contribution in [2.75, 3.05) is 26.0 Å². The summed E-state index contributed by atoms with van der Waals surface area (Å²) in [5.41, 5.74) is 0. The van der Waals surface area contributed by atoms with E-state index in [1.807, 2.05) is 0 Å². The third-order valence-corrected chi connectivity index (χ3v) is 5.39. The molecule has 0 aliphatic heterocycles. The van der Waals surface area contributed by atoms with Crippen LogP contribution in [0.2, 0.25) is 0 Å². The SMILES string of the molecule is CCNC(COC)CS(=O)C1CCCC(C)C1. The van der Waals surface area contributed by atoms with Crippen molar-refractivity contribution in [3.8, 4) is 0 Å². The van der Waals surface area contributed by atoms with Gasteiger partial charge in [0.15, 0.2) is 0 Å². The standard InChI is InChI=1S/C13H27NO2S/c1-4-14-12(9-16-3)10-17(15)13-7-5-6-11(2)8-13/h11-14H,4-10H2,1-3H3. The first kappa shape index (κ1) is 15.1. The van der Waals surface area contributed by atoms with E-state index in [-0.39, 0.29) is 6.04 Å². The minimum absolute atomic E-state index is 0.239. The van der Waals surface area contributed by atoms with E-state index in [1.165, 1.54) is 12.8 Å². The maximum atomic E-state index is 12.3. The minimum Gasteiger partial charge on any atom is -0.383 e. The molecule has 0 bridgehead atoms. The van der Waals surface area contributed by atoms with Crippen LogP contribution in [0.5, 0.6) is 0 Å². The summed E-state index contributed by atoms with van der Waals surface area (Å²) in [6, 6.07) is 0.239. The zero-order chi connectivity index (χ0) is 12.7. The lowest BCUT2D eigenvalue weighted by Gasteiger charge is -2.27. The molecule has 1 N–H and O–H groups in total. The molecule has 4 heteroatoms. The van der Waals surface area contributed by atoms with Crippen molar-refractivity contribution in [1.29, 1.82) is 0 Å². The molecule has 3 nitrogen and oxygen atoms in total. The minimum atomic E-state index is -0.703. The Balaban J connectivity index is 2.39. The third-order valence-electron chi connectivity index (χ3n) is 3.49. The Labute approximate surface area is 108 Å². The quantitative estimate of drug-likeness (QED) is 0.761. The molecule has 1 aliphatic carbocycles. The Morgan fingerprint density at radius 2 is 2.24 bits per heavy atom. The van der Waals surface area contributed by atoms with Gasteiger partial charge in [-0.15, -0.1) is 0 Å². The maximum absolute atomic E-state index is 12.3. The van der Waals surface area contributed by atoms with E-state index >= 15 is 0 Å². The zero-order valence-corrected chi connectivity index (χ0v) is 12.2. The van der Waals surface area contributed by atoms with Gasteiger partial charge < -0.3 is 10.1 Å². The lowest BCUT2D eigenvalue weighted by molar-refractivity contribution is 0.174. The molecule has 1 rings (SSSR count). The summed E-state index contributed by atoms with van der Waals surface area (Å²) in [5.74, 6) is 1.48. The van der Waals surface area contributed by atoms with Gasteiger partial charge >= 0.3 is 0 Å². The number of ether oxygens (including phenoxy) is 1. The topological polar surface area (TPSA) is 38.3 Å². The molecule has 4 atom stereocenters. The molecule has 0 amide bonds. The fourth-order valence-corrected chi connectivity index (χ4v) is 4.46. The third kappa shape index (κ3) is 5.49. The summed E-state index contributed by atoms with van der Waals surface area (Å²) in [4.78, 5) is 0. The summed E-state index contributed by atoms with van der Waals surface area (Å²) in [6.07, 6.45) is 4.83. The molecule has 1 saturated carbocycles. The Morgan fingerprint density at radius 1 is 1.47 bits per heavy atom. The predicted octanol–water partition coefficient (Wildman–Crippen LogP) is 1.94. The molecule has 0 heterocycles. The van der Waals surface area contributed by atoms with Crippen molar-refractivity contribution in [2.24, 2.45) is 5.92 Å². The maximum Gasteiger partial charge on any atom is 0.0624 e. The normalized spacial score (nSPS) is 28.9. The number of methoxy groups -OCH3 is 1. The van der Waals surface area contributed by atoms with E-state index in [0.717, 1.165) is 31.1 Å². The average molecular weight is 261 g/mol. The summed E-state index contributed by atoms with van der Waals surface area (Å²) >= 11 is 0. The van der Waals surface area contributed by atoms with Crippen LogP contribution >= 0.6 is 0 Å². The summed E-state index contributed by atoms with van der Waals surface area (Å²) in [5, 5.41) is 3.76. The molecule has 0 aromatic heterocycles. The van der Waals surface area contributed by atoms with Gasteiger partial charge in [-0.3, -0.25) is 4.21 Å². The largest absolute Gasteiger partial charge is 0.383 e. The van der Waals surface area contributed by atoms with Crippen LogP contribution in [0, 0.1) is 5.92 Å². The zero-order valence-electron chi connectivity index (χ0n) is 11.4. The molecule has 4 unspecified atom stereocenters. The molecule has 0 aromatic rings. The van der Waals surface area contributed by atoms with Crippen LogP contribution < -0.4 is 5.32 Å². The van der Waals surface area contributed by atoms with Crippen LogP contribution in [0.25, 0.3) is 0 Å². The van der Waals surface area contributed by atoms with Crippen LogP contribution in [-0.2, 0) is 15.5 Å². The molecule has 17 heavy (non-hydrogen) atoms. The lowest BCUT2D eigenvalue weighted by atomic mass is 9.91. The summed E-state index contributed by atoms with van der Waals surface area (Å²) in [7, 11) is 1.00. The van der Waals surface area contributed by atoms with Crippen LogP contribution in [0.1, 0.15) is 39.5 Å². The van der Waals surface area contributed by atoms with Gasteiger partial charge in [0.05, 0.1) is 6.61 Å². The molecule has 102 valence electrons. The van der Waals surface area contributed by atoms with Crippen LogP contribution in [0.4, 0.5) is 0 Å². The molecular formula is C13H27NO2S. The van der Waals surface area contributed by atoms with Gasteiger partial charge in [0.2, 0.25) is 0 Å². The Morgan fingerprint density at radius 3 is 2.82 bits per heavy atom. The molecule has 0 radical (unpaired) electrons. The molecule has 0 spiro atoms. The predicted molar refractivity (Wildman–Crippen MR) is 73.8 cm³/mol. The molecule has 1 aliphatic rings. The number of hydrogen-bond donors (Lipinski definition) is 1. The Hall–Kier alpha value is 0.0700. The van der Waals surface area contributed by atoms with E-state index < -0.39 is 10.8 Å². The highest BCUT2D eigenvalue weighted by Gasteiger charge is 2.25. The van der Waals surface area contributed by atoms with Gasteiger partial charge in [-0.1, -0.05) is 26.7 Å². The molecular weight excluding hydrogens is 234 g/mol. The van der Waals surface area contributed by atoms with Crippen molar-refractivity contribution in [2.45, 2.75) is 50.8 Å². The van der Waals surface area contributed by atoms with Crippen molar-refractivity contribution < 1.29 is 8.95 Å². The first-order chi connectivity index (χ1) is 8.17. The summed E-state index contributed by atoms with van der Waals surface area (Å²) in [6.45, 7) is 5.92. The fourth-order valence-electron chi connectivity index (χ4n) is 2.61. The number of hydrogen-bond acceptors (Lipinski definition) is 3. The highest BCUT2D eigenvalue weighted by atomic mass is 32.2. The average Bonchev–Trinajstić information content (AvgIpc) is 2.29. The number of nitrogens with one attached hydrogen (secondary N) is 1. The monoisotopic (exact) mass is 261 g/mol. The Bertz CT molecular complexity index is 229. The van der Waals surface area contributed by atoms with Gasteiger partial charge in [-0.25, -0.2) is 0 Å². The fraction of sp³-hybridized carbons (Fsp3) is 1.00. The van der Waals surface area contributed by atoms with E-state index in [4.69, 9.17) is 4.74 Å². The highest BCUT2D eigenvalue weighted by Crippen LogP contribution is 2.27. The van der Waals surface area contributed by atoms with Crippen molar-refractivity contribution in [3.05, 3.63) is 0 Å². The van der Waals surface area contributed by atoms with Gasteiger partial charge in [0.25, 0.3) is 0 Å². The van der Waals surface area contributed by atoms with Gasteiger partial charge in [0.1, 0.15) is 0 Å².